The van der Waals surface area contributed by atoms with Gasteiger partial charge >= 0.3 is 6.18 Å². The molecule has 1 aromatic heterocycles. The molecule has 2 bridgehead atoms. The lowest BCUT2D eigenvalue weighted by Crippen LogP contribution is -2.48. The highest BCUT2D eigenvalue weighted by atomic mass is 35.5. The summed E-state index contributed by atoms with van der Waals surface area (Å²) in [7, 11) is 1.72. The van der Waals surface area contributed by atoms with Gasteiger partial charge in [-0.15, -0.1) is 24.8 Å². The molecule has 0 spiro atoms. The maximum absolute atomic E-state index is 12.5. The van der Waals surface area contributed by atoms with Crippen molar-refractivity contribution < 1.29 is 18.0 Å². The molecule has 3 heterocycles. The van der Waals surface area contributed by atoms with Crippen molar-refractivity contribution in [3.63, 3.8) is 0 Å². The number of nitrogens with one attached hydrogen (secondary N) is 1. The second-order valence-corrected chi connectivity index (χ2v) is 6.11. The van der Waals surface area contributed by atoms with Crippen LogP contribution in [0.3, 0.4) is 0 Å². The summed E-state index contributed by atoms with van der Waals surface area (Å²) in [4.78, 5) is 17.4. The van der Waals surface area contributed by atoms with Crippen molar-refractivity contribution in [1.29, 1.82) is 0 Å². The highest BCUT2D eigenvalue weighted by molar-refractivity contribution is 5.94. The van der Waals surface area contributed by atoms with Crippen LogP contribution in [0, 0.1) is 0 Å². The number of amides is 1. The monoisotopic (exact) mass is 385 g/mol. The molecule has 2 unspecified atom stereocenters. The van der Waals surface area contributed by atoms with E-state index in [0.717, 1.165) is 37.9 Å². The standard InChI is InChI=1S/C15H18F3N3O.2ClH/c1-21(12-6-10-3-4-11(7-12)20-10)14(22)9-2-5-13(19-8-9)15(16,17)18;;/h2,5,8,10-12,20H,3-4,6-7H2,1H3;2*1H. The third-order valence-corrected chi connectivity index (χ3v) is 4.62. The minimum Gasteiger partial charge on any atom is -0.339 e. The minimum absolute atomic E-state index is 0. The van der Waals surface area contributed by atoms with E-state index < -0.39 is 11.9 Å². The van der Waals surface area contributed by atoms with Crippen LogP contribution in [0.1, 0.15) is 41.7 Å². The Labute approximate surface area is 151 Å². The molecule has 1 aromatic rings. The Hall–Kier alpha value is -1.05. The molecule has 24 heavy (non-hydrogen) atoms. The highest BCUT2D eigenvalue weighted by Gasteiger charge is 2.37. The van der Waals surface area contributed by atoms with Crippen LogP contribution in [0.5, 0.6) is 0 Å². The molecule has 3 rings (SSSR count). The van der Waals surface area contributed by atoms with Gasteiger partial charge in [-0.25, -0.2) is 0 Å². The maximum atomic E-state index is 12.5. The van der Waals surface area contributed by atoms with E-state index in [4.69, 9.17) is 0 Å². The topological polar surface area (TPSA) is 45.2 Å². The van der Waals surface area contributed by atoms with Gasteiger partial charge in [-0.2, -0.15) is 13.2 Å². The minimum atomic E-state index is -4.48. The third-order valence-electron chi connectivity index (χ3n) is 4.62. The molecule has 2 saturated heterocycles. The van der Waals surface area contributed by atoms with Crippen molar-refractivity contribution in [2.75, 3.05) is 7.05 Å². The van der Waals surface area contributed by atoms with Gasteiger partial charge in [0.25, 0.3) is 5.91 Å². The van der Waals surface area contributed by atoms with Crippen molar-refractivity contribution >= 4 is 30.7 Å². The molecular weight excluding hydrogens is 366 g/mol. The van der Waals surface area contributed by atoms with E-state index in [2.05, 4.69) is 10.3 Å². The van der Waals surface area contributed by atoms with Gasteiger partial charge in [-0.3, -0.25) is 9.78 Å². The highest BCUT2D eigenvalue weighted by Crippen LogP contribution is 2.30. The smallest absolute Gasteiger partial charge is 0.339 e. The summed E-state index contributed by atoms with van der Waals surface area (Å²) in [6.07, 6.45) is 0.578. The summed E-state index contributed by atoms with van der Waals surface area (Å²) in [5.74, 6) is -0.271. The molecule has 9 heteroatoms. The first-order chi connectivity index (χ1) is 10.3. The second kappa shape index (κ2) is 7.89. The summed E-state index contributed by atoms with van der Waals surface area (Å²) >= 11 is 0. The lowest BCUT2D eigenvalue weighted by atomic mass is 9.98. The van der Waals surface area contributed by atoms with Crippen molar-refractivity contribution in [2.24, 2.45) is 0 Å². The van der Waals surface area contributed by atoms with E-state index in [1.807, 2.05) is 0 Å². The first-order valence-corrected chi connectivity index (χ1v) is 7.41. The van der Waals surface area contributed by atoms with Crippen LogP contribution in [0.2, 0.25) is 0 Å². The average molecular weight is 386 g/mol. The molecule has 2 aliphatic rings. The maximum Gasteiger partial charge on any atom is 0.433 e. The van der Waals surface area contributed by atoms with Gasteiger partial charge in [0.05, 0.1) is 5.56 Å². The zero-order valence-electron chi connectivity index (χ0n) is 13.0. The molecule has 2 atom stereocenters. The van der Waals surface area contributed by atoms with Crippen LogP contribution in [-0.4, -0.2) is 41.0 Å². The number of alkyl halides is 3. The summed E-state index contributed by atoms with van der Waals surface area (Å²) < 4.78 is 37.5. The van der Waals surface area contributed by atoms with Crippen molar-refractivity contribution in [3.8, 4) is 0 Å². The Morgan fingerprint density at radius 2 is 1.79 bits per heavy atom. The number of nitrogens with zero attached hydrogens (tertiary/aromatic N) is 2. The van der Waals surface area contributed by atoms with E-state index in [1.165, 1.54) is 6.07 Å². The number of fused-ring (bicyclic) bond motifs is 2. The van der Waals surface area contributed by atoms with Crippen LogP contribution in [0.25, 0.3) is 0 Å². The van der Waals surface area contributed by atoms with Crippen LogP contribution < -0.4 is 5.32 Å². The molecule has 0 aliphatic carbocycles. The number of carbonyl (C=O) groups is 1. The van der Waals surface area contributed by atoms with Gasteiger partial charge in [-0.05, 0) is 37.8 Å². The number of rotatable bonds is 2. The molecule has 1 N–H and O–H groups in total. The number of carbonyl (C=O) groups excluding carboxylic acids is 1. The van der Waals surface area contributed by atoms with Crippen LogP contribution in [0.15, 0.2) is 18.3 Å². The molecule has 0 saturated carbocycles. The fraction of sp³-hybridized carbons (Fsp3) is 0.600. The lowest BCUT2D eigenvalue weighted by molar-refractivity contribution is -0.141. The summed E-state index contributed by atoms with van der Waals surface area (Å²) in [6.45, 7) is 0. The predicted octanol–water partition coefficient (Wildman–Crippen LogP) is 3.30. The van der Waals surface area contributed by atoms with Crippen molar-refractivity contribution in [3.05, 3.63) is 29.6 Å². The zero-order chi connectivity index (χ0) is 15.9. The van der Waals surface area contributed by atoms with Crippen molar-refractivity contribution in [2.45, 2.75) is 50.0 Å². The zero-order valence-corrected chi connectivity index (χ0v) is 14.7. The lowest BCUT2D eigenvalue weighted by Gasteiger charge is -2.35. The fourth-order valence-corrected chi connectivity index (χ4v) is 3.40. The van der Waals surface area contributed by atoms with E-state index in [1.54, 1.807) is 11.9 Å². The fourth-order valence-electron chi connectivity index (χ4n) is 3.40. The Kier molecular flexibility index (Phi) is 6.90. The Balaban J connectivity index is 0.00000144. The van der Waals surface area contributed by atoms with Gasteiger partial charge in [-0.1, -0.05) is 0 Å². The number of pyridine rings is 1. The van der Waals surface area contributed by atoms with Crippen LogP contribution >= 0.6 is 24.8 Å². The molecule has 2 aliphatic heterocycles. The number of piperidine rings is 1. The second-order valence-electron chi connectivity index (χ2n) is 6.11. The SMILES string of the molecule is CN(C(=O)c1ccc(C(F)(F)F)nc1)C1CC2CCC(C1)N2.Cl.Cl. The van der Waals surface area contributed by atoms with Gasteiger partial charge < -0.3 is 10.2 Å². The van der Waals surface area contributed by atoms with Gasteiger partial charge in [0.2, 0.25) is 0 Å². The Morgan fingerprint density at radius 3 is 2.25 bits per heavy atom. The third kappa shape index (κ3) is 4.32. The number of hydrogen-bond acceptors (Lipinski definition) is 3. The largest absolute Gasteiger partial charge is 0.433 e. The van der Waals surface area contributed by atoms with Crippen LogP contribution in [0.4, 0.5) is 13.2 Å². The Morgan fingerprint density at radius 1 is 1.21 bits per heavy atom. The molecule has 136 valence electrons. The summed E-state index contributed by atoms with van der Waals surface area (Å²) in [6, 6.07) is 3.08. The molecule has 1 amide bonds. The first kappa shape index (κ1) is 21.0. The Bertz CT molecular complexity index is 556. The van der Waals surface area contributed by atoms with Gasteiger partial charge in [0.1, 0.15) is 5.69 Å². The average Bonchev–Trinajstić information content (AvgIpc) is 2.83. The van der Waals surface area contributed by atoms with E-state index >= 15 is 0 Å². The molecule has 0 aromatic carbocycles. The number of aromatic nitrogens is 1. The number of halogens is 5. The molecular formula is C15H20Cl2F3N3O. The van der Waals surface area contributed by atoms with Crippen molar-refractivity contribution in [1.82, 2.24) is 15.2 Å². The number of hydrogen-bond donors (Lipinski definition) is 1. The molecule has 2 fully saturated rings. The van der Waals surface area contributed by atoms with E-state index in [9.17, 15) is 18.0 Å². The van der Waals surface area contributed by atoms with Gasteiger partial charge in [0, 0.05) is 31.4 Å². The predicted molar refractivity (Wildman–Crippen MR) is 88.8 cm³/mol. The first-order valence-electron chi connectivity index (χ1n) is 7.41. The van der Waals surface area contributed by atoms with E-state index in [-0.39, 0.29) is 42.3 Å². The quantitative estimate of drug-likeness (QED) is 0.849. The normalized spacial score (nSPS) is 25.4. The van der Waals surface area contributed by atoms with E-state index in [0.29, 0.717) is 12.1 Å². The van der Waals surface area contributed by atoms with Gasteiger partial charge in [0.15, 0.2) is 0 Å². The molecule has 0 radical (unpaired) electrons. The summed E-state index contributed by atoms with van der Waals surface area (Å²) in [5.41, 5.74) is -0.784. The molecule has 4 nitrogen and oxygen atoms in total. The van der Waals surface area contributed by atoms with Crippen LogP contribution in [-0.2, 0) is 6.18 Å². The summed E-state index contributed by atoms with van der Waals surface area (Å²) in [5, 5.41) is 3.50.